The molecule has 1 aromatic heterocycles. The van der Waals surface area contributed by atoms with Crippen molar-refractivity contribution >= 4 is 11.8 Å². The monoisotopic (exact) mass is 378 g/mol. The second kappa shape index (κ2) is 9.82. The highest BCUT2D eigenvalue weighted by Crippen LogP contribution is 2.20. The molecule has 150 valence electrons. The van der Waals surface area contributed by atoms with Gasteiger partial charge in [0.2, 0.25) is 17.7 Å². The maximum Gasteiger partial charge on any atom is 0.227 e. The first-order valence-electron chi connectivity index (χ1n) is 10.1. The Bertz CT molecular complexity index is 627. The third kappa shape index (κ3) is 5.51. The Kier molecular flexibility index (Phi) is 7.20. The Morgan fingerprint density at radius 1 is 1.15 bits per heavy atom. The number of carbonyl (C=O) groups is 2. The average Bonchev–Trinajstić information content (AvgIpc) is 3.16. The second-order valence-electron chi connectivity index (χ2n) is 7.32. The van der Waals surface area contributed by atoms with Crippen molar-refractivity contribution in [1.82, 2.24) is 19.9 Å². The van der Waals surface area contributed by atoms with Crippen LogP contribution in [0.5, 0.6) is 0 Å². The van der Waals surface area contributed by atoms with Crippen molar-refractivity contribution in [2.24, 2.45) is 5.92 Å². The van der Waals surface area contributed by atoms with Gasteiger partial charge in [-0.1, -0.05) is 12.1 Å². The summed E-state index contributed by atoms with van der Waals surface area (Å²) in [4.78, 5) is 33.3. The average molecular weight is 378 g/mol. The van der Waals surface area contributed by atoms with Crippen molar-refractivity contribution < 1.29 is 18.8 Å². The molecule has 2 amide bonds. The van der Waals surface area contributed by atoms with Crippen LogP contribution in [0.3, 0.4) is 0 Å². The Balaban J connectivity index is 1.42. The third-order valence-electron chi connectivity index (χ3n) is 5.21. The molecule has 0 aliphatic carbocycles. The molecule has 3 heterocycles. The molecule has 8 heteroatoms. The number of aromatic nitrogens is 2. The smallest absolute Gasteiger partial charge is 0.227 e. The number of ether oxygens (including phenoxy) is 1. The summed E-state index contributed by atoms with van der Waals surface area (Å²) in [6, 6.07) is 0. The van der Waals surface area contributed by atoms with Gasteiger partial charge in [0, 0.05) is 45.4 Å². The van der Waals surface area contributed by atoms with Crippen LogP contribution in [0.25, 0.3) is 0 Å². The maximum atomic E-state index is 12.7. The minimum atomic E-state index is -0.0756. The van der Waals surface area contributed by atoms with E-state index in [1.807, 2.05) is 9.80 Å². The summed E-state index contributed by atoms with van der Waals surface area (Å²) >= 11 is 0. The third-order valence-corrected chi connectivity index (χ3v) is 5.21. The van der Waals surface area contributed by atoms with Crippen LogP contribution in [0.4, 0.5) is 0 Å². The Labute approximate surface area is 160 Å². The van der Waals surface area contributed by atoms with Crippen molar-refractivity contribution in [3.05, 3.63) is 11.7 Å². The predicted molar refractivity (Wildman–Crippen MR) is 97.9 cm³/mol. The lowest BCUT2D eigenvalue weighted by molar-refractivity contribution is -0.144. The number of morpholine rings is 1. The fraction of sp³-hybridized carbons (Fsp3) is 0.789. The summed E-state index contributed by atoms with van der Waals surface area (Å²) in [6.45, 7) is 5.89. The standard InChI is InChI=1S/C19H30N4O4/c1-2-5-16-20-17(27-21-16)7-3-8-18(24)23-9-4-6-15(14-23)19(25)22-10-12-26-13-11-22/h15H,2-14H2,1H3. The summed E-state index contributed by atoms with van der Waals surface area (Å²) in [7, 11) is 0. The van der Waals surface area contributed by atoms with Gasteiger partial charge in [0.25, 0.3) is 0 Å². The van der Waals surface area contributed by atoms with Gasteiger partial charge < -0.3 is 19.1 Å². The van der Waals surface area contributed by atoms with Crippen LogP contribution in [0.2, 0.25) is 0 Å². The van der Waals surface area contributed by atoms with E-state index in [0.717, 1.165) is 38.1 Å². The number of likely N-dealkylation sites (tertiary alicyclic amines) is 1. The zero-order valence-corrected chi connectivity index (χ0v) is 16.2. The van der Waals surface area contributed by atoms with E-state index in [4.69, 9.17) is 9.26 Å². The van der Waals surface area contributed by atoms with E-state index in [0.29, 0.717) is 58.0 Å². The van der Waals surface area contributed by atoms with Crippen LogP contribution in [0, 0.1) is 5.92 Å². The molecule has 0 spiro atoms. The highest BCUT2D eigenvalue weighted by Gasteiger charge is 2.31. The van der Waals surface area contributed by atoms with E-state index in [1.54, 1.807) is 0 Å². The highest BCUT2D eigenvalue weighted by molar-refractivity contribution is 5.81. The molecule has 0 radical (unpaired) electrons. The Hall–Kier alpha value is -1.96. The van der Waals surface area contributed by atoms with Crippen molar-refractivity contribution in [3.63, 3.8) is 0 Å². The van der Waals surface area contributed by atoms with Crippen LogP contribution < -0.4 is 0 Å². The summed E-state index contributed by atoms with van der Waals surface area (Å²) in [5, 5.41) is 3.93. The van der Waals surface area contributed by atoms with Crippen molar-refractivity contribution in [3.8, 4) is 0 Å². The zero-order valence-electron chi connectivity index (χ0n) is 16.2. The number of piperidine rings is 1. The summed E-state index contributed by atoms with van der Waals surface area (Å²) in [5.41, 5.74) is 0. The van der Waals surface area contributed by atoms with E-state index in [2.05, 4.69) is 17.1 Å². The number of nitrogens with zero attached hydrogens (tertiary/aromatic N) is 4. The molecule has 27 heavy (non-hydrogen) atoms. The lowest BCUT2D eigenvalue weighted by atomic mass is 9.96. The van der Waals surface area contributed by atoms with E-state index < -0.39 is 0 Å². The lowest BCUT2D eigenvalue weighted by Crippen LogP contribution is -2.49. The molecule has 2 fully saturated rings. The van der Waals surface area contributed by atoms with Gasteiger partial charge in [-0.2, -0.15) is 4.98 Å². The molecule has 1 atom stereocenters. The van der Waals surface area contributed by atoms with Gasteiger partial charge in [-0.3, -0.25) is 9.59 Å². The van der Waals surface area contributed by atoms with Crippen molar-refractivity contribution in [2.45, 2.75) is 51.9 Å². The molecule has 0 N–H and O–H groups in total. The van der Waals surface area contributed by atoms with Gasteiger partial charge in [0.1, 0.15) is 0 Å². The number of rotatable bonds is 7. The Morgan fingerprint density at radius 2 is 1.96 bits per heavy atom. The number of carbonyl (C=O) groups excluding carboxylic acids is 2. The molecule has 2 aliphatic heterocycles. The molecular formula is C19H30N4O4. The highest BCUT2D eigenvalue weighted by atomic mass is 16.5. The maximum absolute atomic E-state index is 12.7. The molecule has 2 aliphatic rings. The van der Waals surface area contributed by atoms with E-state index in [9.17, 15) is 9.59 Å². The van der Waals surface area contributed by atoms with E-state index >= 15 is 0 Å². The second-order valence-corrected chi connectivity index (χ2v) is 7.32. The molecule has 3 rings (SSSR count). The summed E-state index contributed by atoms with van der Waals surface area (Å²) < 4.78 is 10.5. The zero-order chi connectivity index (χ0) is 19.1. The van der Waals surface area contributed by atoms with Gasteiger partial charge in [0.05, 0.1) is 19.1 Å². The van der Waals surface area contributed by atoms with Crippen molar-refractivity contribution in [1.29, 1.82) is 0 Å². The largest absolute Gasteiger partial charge is 0.378 e. The topological polar surface area (TPSA) is 88.8 Å². The normalized spacial score (nSPS) is 20.7. The van der Waals surface area contributed by atoms with Gasteiger partial charge in [-0.05, 0) is 25.7 Å². The van der Waals surface area contributed by atoms with E-state index in [-0.39, 0.29) is 17.7 Å². The molecule has 1 aromatic rings. The molecule has 1 unspecified atom stereocenters. The van der Waals surface area contributed by atoms with Crippen LogP contribution in [0.15, 0.2) is 4.52 Å². The molecule has 0 saturated carbocycles. The number of amides is 2. The molecule has 0 aromatic carbocycles. The number of aryl methyl sites for hydroxylation is 2. The predicted octanol–water partition coefficient (Wildman–Crippen LogP) is 1.44. The van der Waals surface area contributed by atoms with Crippen LogP contribution >= 0.6 is 0 Å². The first-order valence-corrected chi connectivity index (χ1v) is 10.1. The first kappa shape index (κ1) is 19.8. The fourth-order valence-corrected chi connectivity index (χ4v) is 3.71. The van der Waals surface area contributed by atoms with Crippen LogP contribution in [-0.2, 0) is 27.2 Å². The van der Waals surface area contributed by atoms with Gasteiger partial charge in [0.15, 0.2) is 5.82 Å². The molecule has 2 saturated heterocycles. The number of hydrogen-bond acceptors (Lipinski definition) is 6. The fourth-order valence-electron chi connectivity index (χ4n) is 3.71. The summed E-state index contributed by atoms with van der Waals surface area (Å²) in [5.74, 6) is 1.55. The van der Waals surface area contributed by atoms with Crippen molar-refractivity contribution in [2.75, 3.05) is 39.4 Å². The van der Waals surface area contributed by atoms with E-state index in [1.165, 1.54) is 0 Å². The molecule has 0 bridgehead atoms. The quantitative estimate of drug-likeness (QED) is 0.713. The van der Waals surface area contributed by atoms with Gasteiger partial charge >= 0.3 is 0 Å². The summed E-state index contributed by atoms with van der Waals surface area (Å²) in [6.07, 6.45) is 5.30. The minimum absolute atomic E-state index is 0.0756. The first-order chi connectivity index (χ1) is 13.2. The number of hydrogen-bond donors (Lipinski definition) is 0. The minimum Gasteiger partial charge on any atom is -0.378 e. The van der Waals surface area contributed by atoms with Gasteiger partial charge in [-0.25, -0.2) is 0 Å². The lowest BCUT2D eigenvalue weighted by Gasteiger charge is -2.36. The van der Waals surface area contributed by atoms with Crippen LogP contribution in [0.1, 0.15) is 50.7 Å². The SMILES string of the molecule is CCCc1noc(CCCC(=O)N2CCCC(C(=O)N3CCOCC3)C2)n1. The van der Waals surface area contributed by atoms with Gasteiger partial charge in [-0.15, -0.1) is 0 Å². The van der Waals surface area contributed by atoms with Crippen LogP contribution in [-0.4, -0.2) is 71.1 Å². The molecule has 8 nitrogen and oxygen atoms in total. The molecular weight excluding hydrogens is 348 g/mol. The Morgan fingerprint density at radius 3 is 2.74 bits per heavy atom.